The van der Waals surface area contributed by atoms with Gasteiger partial charge in [-0.15, -0.1) is 0 Å². The van der Waals surface area contributed by atoms with Crippen LogP contribution in [0.3, 0.4) is 0 Å². The third-order valence-corrected chi connectivity index (χ3v) is 2.69. The Bertz CT molecular complexity index is 462. The summed E-state index contributed by atoms with van der Waals surface area (Å²) in [5, 5.41) is 8.38. The molecule has 2 rings (SSSR count). The average Bonchev–Trinajstić information content (AvgIpc) is 2.60. The Morgan fingerprint density at radius 1 is 1.47 bits per heavy atom. The summed E-state index contributed by atoms with van der Waals surface area (Å²) in [6, 6.07) is 6.63. The molecular formula is C12H16N2O. The largest absolute Gasteiger partial charge is 0.360 e. The van der Waals surface area contributed by atoms with E-state index < -0.39 is 0 Å². The molecule has 80 valence electrons. The van der Waals surface area contributed by atoms with Crippen LogP contribution in [-0.2, 0) is 6.42 Å². The van der Waals surface area contributed by atoms with E-state index in [2.05, 4.69) is 36.5 Å². The van der Waals surface area contributed by atoms with E-state index in [-0.39, 0.29) is 0 Å². The average molecular weight is 204 g/mol. The summed E-state index contributed by atoms with van der Waals surface area (Å²) < 4.78 is 5.35. The van der Waals surface area contributed by atoms with Crippen molar-refractivity contribution < 1.29 is 4.52 Å². The summed E-state index contributed by atoms with van der Waals surface area (Å²) >= 11 is 0. The van der Waals surface area contributed by atoms with Crippen LogP contribution in [0, 0.1) is 6.92 Å². The summed E-state index contributed by atoms with van der Waals surface area (Å²) in [6.45, 7) is 4.19. The fraction of sp³-hybridized carbons (Fsp3) is 0.417. The van der Waals surface area contributed by atoms with Gasteiger partial charge in [-0.3, -0.25) is 0 Å². The smallest absolute Gasteiger partial charge is 0.146 e. The molecule has 1 heterocycles. The van der Waals surface area contributed by atoms with E-state index in [1.54, 1.807) is 0 Å². The zero-order valence-electron chi connectivity index (χ0n) is 9.37. The van der Waals surface area contributed by atoms with Crippen molar-refractivity contribution in [2.45, 2.75) is 26.3 Å². The second-order valence-corrected chi connectivity index (χ2v) is 4.02. The molecule has 0 radical (unpaired) electrons. The summed E-state index contributed by atoms with van der Waals surface area (Å²) in [6.07, 6.45) is 0.871. The standard InChI is InChI=1S/C12H16N2O/c1-8-4-5-10-11(6-8)14-15-12(10)7-9(2)13-3/h4-6,9,13H,7H2,1-3H3. The molecule has 1 aromatic carbocycles. The highest BCUT2D eigenvalue weighted by Crippen LogP contribution is 2.20. The van der Waals surface area contributed by atoms with Gasteiger partial charge in [-0.2, -0.15) is 0 Å². The van der Waals surface area contributed by atoms with Crippen molar-refractivity contribution in [2.24, 2.45) is 0 Å². The first kappa shape index (κ1) is 10.2. The van der Waals surface area contributed by atoms with Crippen molar-refractivity contribution in [1.82, 2.24) is 10.5 Å². The molecule has 15 heavy (non-hydrogen) atoms. The number of aromatic nitrogens is 1. The lowest BCUT2D eigenvalue weighted by molar-refractivity contribution is 0.378. The molecule has 1 aromatic heterocycles. The normalized spacial score (nSPS) is 13.3. The van der Waals surface area contributed by atoms with Crippen LogP contribution in [-0.4, -0.2) is 18.2 Å². The third-order valence-electron chi connectivity index (χ3n) is 2.69. The molecule has 0 saturated heterocycles. The molecule has 0 fully saturated rings. The van der Waals surface area contributed by atoms with Crippen LogP contribution in [0.4, 0.5) is 0 Å². The van der Waals surface area contributed by atoms with Gasteiger partial charge < -0.3 is 9.84 Å². The van der Waals surface area contributed by atoms with Crippen LogP contribution < -0.4 is 5.32 Å². The van der Waals surface area contributed by atoms with E-state index >= 15 is 0 Å². The third kappa shape index (κ3) is 2.02. The fourth-order valence-corrected chi connectivity index (χ4v) is 1.63. The summed E-state index contributed by atoms with van der Waals surface area (Å²) in [5.41, 5.74) is 2.16. The maximum Gasteiger partial charge on any atom is 0.146 e. The summed E-state index contributed by atoms with van der Waals surface area (Å²) in [4.78, 5) is 0. The van der Waals surface area contributed by atoms with Crippen LogP contribution in [0.5, 0.6) is 0 Å². The molecule has 0 aliphatic heterocycles. The topological polar surface area (TPSA) is 38.1 Å². The van der Waals surface area contributed by atoms with Crippen molar-refractivity contribution in [3.05, 3.63) is 29.5 Å². The van der Waals surface area contributed by atoms with Crippen LogP contribution >= 0.6 is 0 Å². The quantitative estimate of drug-likeness (QED) is 0.833. The van der Waals surface area contributed by atoms with E-state index in [1.807, 2.05) is 13.1 Å². The number of hydrogen-bond donors (Lipinski definition) is 1. The Morgan fingerprint density at radius 2 is 2.27 bits per heavy atom. The Labute approximate surface area is 89.5 Å². The first-order chi connectivity index (χ1) is 7.20. The maximum absolute atomic E-state index is 5.35. The van der Waals surface area contributed by atoms with Gasteiger partial charge in [0, 0.05) is 17.8 Å². The molecule has 1 N–H and O–H groups in total. The number of benzene rings is 1. The lowest BCUT2D eigenvalue weighted by Crippen LogP contribution is -2.23. The van der Waals surface area contributed by atoms with Crippen LogP contribution in [0.1, 0.15) is 18.2 Å². The number of fused-ring (bicyclic) bond motifs is 1. The number of aryl methyl sites for hydroxylation is 1. The number of nitrogens with one attached hydrogen (secondary N) is 1. The van der Waals surface area contributed by atoms with Gasteiger partial charge in [0.05, 0.1) is 0 Å². The van der Waals surface area contributed by atoms with Gasteiger partial charge in [0.15, 0.2) is 0 Å². The molecule has 1 unspecified atom stereocenters. The highest BCUT2D eigenvalue weighted by molar-refractivity contribution is 5.81. The molecular weight excluding hydrogens is 188 g/mol. The predicted molar refractivity (Wildman–Crippen MR) is 61.0 cm³/mol. The van der Waals surface area contributed by atoms with Crippen LogP contribution in [0.2, 0.25) is 0 Å². The van der Waals surface area contributed by atoms with E-state index in [1.165, 1.54) is 5.56 Å². The minimum atomic E-state index is 0.405. The van der Waals surface area contributed by atoms with Crippen molar-refractivity contribution in [2.75, 3.05) is 7.05 Å². The summed E-state index contributed by atoms with van der Waals surface area (Å²) in [7, 11) is 1.95. The van der Waals surface area contributed by atoms with Gasteiger partial charge in [-0.1, -0.05) is 11.2 Å². The second-order valence-electron chi connectivity index (χ2n) is 4.02. The molecule has 3 heteroatoms. The molecule has 0 aliphatic carbocycles. The zero-order chi connectivity index (χ0) is 10.8. The monoisotopic (exact) mass is 204 g/mol. The van der Waals surface area contributed by atoms with E-state index in [0.29, 0.717) is 6.04 Å². The molecule has 3 nitrogen and oxygen atoms in total. The zero-order valence-corrected chi connectivity index (χ0v) is 9.37. The number of nitrogens with zero attached hydrogens (tertiary/aromatic N) is 1. The van der Waals surface area contributed by atoms with Gasteiger partial charge in [0.1, 0.15) is 11.3 Å². The maximum atomic E-state index is 5.35. The molecule has 0 bridgehead atoms. The fourth-order valence-electron chi connectivity index (χ4n) is 1.63. The molecule has 0 aliphatic rings. The summed E-state index contributed by atoms with van der Waals surface area (Å²) in [5.74, 6) is 0.965. The van der Waals surface area contributed by atoms with Crippen molar-refractivity contribution in [1.29, 1.82) is 0 Å². The first-order valence-electron chi connectivity index (χ1n) is 5.23. The highest BCUT2D eigenvalue weighted by Gasteiger charge is 2.10. The van der Waals surface area contributed by atoms with Gasteiger partial charge in [0.2, 0.25) is 0 Å². The lowest BCUT2D eigenvalue weighted by Gasteiger charge is -2.06. The molecule has 2 aromatic rings. The van der Waals surface area contributed by atoms with Gasteiger partial charge in [0.25, 0.3) is 0 Å². The lowest BCUT2D eigenvalue weighted by atomic mass is 10.1. The Kier molecular flexibility index (Phi) is 2.73. The SMILES string of the molecule is CNC(C)Cc1onc2cc(C)ccc12. The number of likely N-dealkylation sites (N-methyl/N-ethyl adjacent to an activating group) is 1. The van der Waals surface area contributed by atoms with E-state index in [9.17, 15) is 0 Å². The second kappa shape index (κ2) is 4.03. The minimum absolute atomic E-state index is 0.405. The Hall–Kier alpha value is -1.35. The van der Waals surface area contributed by atoms with E-state index in [0.717, 1.165) is 23.1 Å². The van der Waals surface area contributed by atoms with Crippen LogP contribution in [0.25, 0.3) is 10.9 Å². The first-order valence-corrected chi connectivity index (χ1v) is 5.23. The molecule has 0 amide bonds. The van der Waals surface area contributed by atoms with Crippen molar-refractivity contribution in [3.8, 4) is 0 Å². The van der Waals surface area contributed by atoms with Gasteiger partial charge in [-0.25, -0.2) is 0 Å². The highest BCUT2D eigenvalue weighted by atomic mass is 16.5. The van der Waals surface area contributed by atoms with Crippen molar-refractivity contribution >= 4 is 10.9 Å². The predicted octanol–water partition coefficient (Wildman–Crippen LogP) is 2.29. The Balaban J connectivity index is 2.36. The molecule has 1 atom stereocenters. The number of rotatable bonds is 3. The van der Waals surface area contributed by atoms with E-state index in [4.69, 9.17) is 4.52 Å². The van der Waals surface area contributed by atoms with Gasteiger partial charge >= 0.3 is 0 Å². The molecule has 0 spiro atoms. The molecule has 0 saturated carbocycles. The minimum Gasteiger partial charge on any atom is -0.360 e. The van der Waals surface area contributed by atoms with Gasteiger partial charge in [-0.05, 0) is 38.6 Å². The van der Waals surface area contributed by atoms with Crippen LogP contribution in [0.15, 0.2) is 22.7 Å². The number of hydrogen-bond acceptors (Lipinski definition) is 3. The van der Waals surface area contributed by atoms with Crippen molar-refractivity contribution in [3.63, 3.8) is 0 Å². The Morgan fingerprint density at radius 3 is 3.00 bits per heavy atom.